The minimum absolute atomic E-state index is 0.0638. The zero-order valence-electron chi connectivity index (χ0n) is 10.9. The molecular formula is C12H19ClN2O3S. The van der Waals surface area contributed by atoms with E-state index in [1.807, 2.05) is 6.92 Å². The number of hydrogen-bond donors (Lipinski definition) is 2. The van der Waals surface area contributed by atoms with E-state index in [-0.39, 0.29) is 22.2 Å². The first-order chi connectivity index (χ1) is 8.99. The lowest BCUT2D eigenvalue weighted by atomic mass is 10.3. The lowest BCUT2D eigenvalue weighted by Crippen LogP contribution is -2.26. The lowest BCUT2D eigenvalue weighted by Gasteiger charge is -2.10. The number of ether oxygens (including phenoxy) is 1. The third-order valence-electron chi connectivity index (χ3n) is 2.37. The fraction of sp³-hybridized carbons (Fsp3) is 0.500. The second kappa shape index (κ2) is 7.69. The van der Waals surface area contributed by atoms with Gasteiger partial charge in [-0.1, -0.05) is 24.6 Å². The van der Waals surface area contributed by atoms with Gasteiger partial charge < -0.3 is 10.5 Å². The summed E-state index contributed by atoms with van der Waals surface area (Å²) in [6, 6.07) is 4.61. The number of anilines is 1. The third kappa shape index (κ3) is 4.99. The number of hydrogen-bond acceptors (Lipinski definition) is 4. The molecule has 0 saturated carbocycles. The van der Waals surface area contributed by atoms with Crippen LogP contribution < -0.4 is 10.5 Å². The monoisotopic (exact) mass is 306 g/mol. The van der Waals surface area contributed by atoms with Crippen molar-refractivity contribution in [1.29, 1.82) is 0 Å². The van der Waals surface area contributed by atoms with Crippen molar-refractivity contribution in [2.75, 3.05) is 25.5 Å². The Morgan fingerprint density at radius 1 is 1.37 bits per heavy atom. The van der Waals surface area contributed by atoms with E-state index < -0.39 is 10.0 Å². The number of nitrogens with one attached hydrogen (secondary N) is 1. The number of nitrogen functional groups attached to an aromatic ring is 1. The molecule has 0 spiro atoms. The van der Waals surface area contributed by atoms with Gasteiger partial charge in [0.2, 0.25) is 10.0 Å². The van der Waals surface area contributed by atoms with Crippen LogP contribution in [0.1, 0.15) is 19.8 Å². The maximum Gasteiger partial charge on any atom is 0.244 e. The Bertz CT molecular complexity index is 485. The molecule has 108 valence electrons. The van der Waals surface area contributed by atoms with Gasteiger partial charge in [0.25, 0.3) is 0 Å². The van der Waals surface area contributed by atoms with Gasteiger partial charge in [0, 0.05) is 19.8 Å². The van der Waals surface area contributed by atoms with Crippen molar-refractivity contribution in [3.63, 3.8) is 0 Å². The van der Waals surface area contributed by atoms with Crippen LogP contribution in [-0.2, 0) is 14.8 Å². The summed E-state index contributed by atoms with van der Waals surface area (Å²) >= 11 is 5.87. The molecule has 0 saturated heterocycles. The Balaban J connectivity index is 2.57. The van der Waals surface area contributed by atoms with E-state index in [0.717, 1.165) is 6.42 Å². The predicted octanol–water partition coefficient (Wildman–Crippen LogP) is 2.02. The van der Waals surface area contributed by atoms with Gasteiger partial charge in [0.1, 0.15) is 4.90 Å². The van der Waals surface area contributed by atoms with E-state index in [4.69, 9.17) is 22.1 Å². The summed E-state index contributed by atoms with van der Waals surface area (Å²) in [6.07, 6.45) is 1.55. The van der Waals surface area contributed by atoms with Crippen molar-refractivity contribution >= 4 is 27.3 Å². The fourth-order valence-corrected chi connectivity index (χ4v) is 3.26. The topological polar surface area (TPSA) is 81.4 Å². The largest absolute Gasteiger partial charge is 0.398 e. The Labute approximate surface area is 119 Å². The molecule has 19 heavy (non-hydrogen) atoms. The van der Waals surface area contributed by atoms with Crippen LogP contribution in [0.5, 0.6) is 0 Å². The molecule has 1 rings (SSSR count). The second-order valence-corrected chi connectivity index (χ2v) is 6.13. The smallest absolute Gasteiger partial charge is 0.244 e. The fourth-order valence-electron chi connectivity index (χ4n) is 1.51. The molecule has 0 atom stereocenters. The first-order valence-corrected chi connectivity index (χ1v) is 7.96. The average Bonchev–Trinajstić information content (AvgIpc) is 2.33. The highest BCUT2D eigenvalue weighted by Crippen LogP contribution is 2.26. The molecule has 0 heterocycles. The molecule has 0 aliphatic rings. The summed E-state index contributed by atoms with van der Waals surface area (Å²) in [5.74, 6) is 0. The molecule has 0 aliphatic heterocycles. The summed E-state index contributed by atoms with van der Waals surface area (Å²) in [5, 5.41) is 0.120. The standard InChI is InChI=1S/C12H19ClN2O3S/c1-2-8-18-9-4-7-15-19(16,17)12-10(13)5-3-6-11(12)14/h3,5-6,15H,2,4,7-9,14H2,1H3. The Morgan fingerprint density at radius 2 is 2.11 bits per heavy atom. The summed E-state index contributed by atoms with van der Waals surface area (Å²) < 4.78 is 31.8. The van der Waals surface area contributed by atoms with Crippen LogP contribution in [0.25, 0.3) is 0 Å². The highest BCUT2D eigenvalue weighted by Gasteiger charge is 2.20. The van der Waals surface area contributed by atoms with Gasteiger partial charge in [-0.15, -0.1) is 0 Å². The molecule has 0 bridgehead atoms. The van der Waals surface area contributed by atoms with Gasteiger partial charge in [-0.05, 0) is 25.0 Å². The van der Waals surface area contributed by atoms with Crippen molar-refractivity contribution in [2.24, 2.45) is 0 Å². The molecule has 0 fully saturated rings. The number of halogens is 1. The van der Waals surface area contributed by atoms with Crippen LogP contribution >= 0.6 is 11.6 Å². The van der Waals surface area contributed by atoms with Crippen molar-refractivity contribution in [1.82, 2.24) is 4.72 Å². The minimum Gasteiger partial charge on any atom is -0.398 e. The first-order valence-electron chi connectivity index (χ1n) is 6.10. The lowest BCUT2D eigenvalue weighted by molar-refractivity contribution is 0.133. The highest BCUT2D eigenvalue weighted by molar-refractivity contribution is 7.89. The highest BCUT2D eigenvalue weighted by atomic mass is 35.5. The van der Waals surface area contributed by atoms with Gasteiger partial charge in [0.05, 0.1) is 10.7 Å². The number of benzene rings is 1. The van der Waals surface area contributed by atoms with E-state index in [0.29, 0.717) is 19.6 Å². The van der Waals surface area contributed by atoms with E-state index in [2.05, 4.69) is 4.72 Å². The molecular weight excluding hydrogens is 288 g/mol. The molecule has 0 aromatic heterocycles. The first kappa shape index (κ1) is 16.2. The van der Waals surface area contributed by atoms with Crippen LogP contribution in [0.2, 0.25) is 5.02 Å². The molecule has 0 radical (unpaired) electrons. The molecule has 0 unspecified atom stereocenters. The summed E-state index contributed by atoms with van der Waals surface area (Å²) in [5.41, 5.74) is 5.79. The third-order valence-corrected chi connectivity index (χ3v) is 4.38. The van der Waals surface area contributed by atoms with Crippen LogP contribution in [-0.4, -0.2) is 28.2 Å². The Kier molecular flexibility index (Phi) is 6.57. The maximum atomic E-state index is 12.0. The molecule has 1 aromatic rings. The number of rotatable bonds is 8. The zero-order valence-corrected chi connectivity index (χ0v) is 12.4. The van der Waals surface area contributed by atoms with Crippen LogP contribution in [0, 0.1) is 0 Å². The summed E-state index contributed by atoms with van der Waals surface area (Å²) in [6.45, 7) is 3.51. The average molecular weight is 307 g/mol. The summed E-state index contributed by atoms with van der Waals surface area (Å²) in [7, 11) is -3.68. The molecule has 1 aromatic carbocycles. The van der Waals surface area contributed by atoms with E-state index in [9.17, 15) is 8.42 Å². The maximum absolute atomic E-state index is 12.0. The minimum atomic E-state index is -3.68. The van der Waals surface area contributed by atoms with Gasteiger partial charge in [0.15, 0.2) is 0 Å². The molecule has 3 N–H and O–H groups in total. The van der Waals surface area contributed by atoms with Crippen molar-refractivity contribution < 1.29 is 13.2 Å². The molecule has 7 heteroatoms. The van der Waals surface area contributed by atoms with Crippen LogP contribution in [0.3, 0.4) is 0 Å². The van der Waals surface area contributed by atoms with E-state index >= 15 is 0 Å². The van der Waals surface area contributed by atoms with Gasteiger partial charge in [-0.3, -0.25) is 0 Å². The molecule has 0 aliphatic carbocycles. The van der Waals surface area contributed by atoms with Crippen LogP contribution in [0.15, 0.2) is 23.1 Å². The number of nitrogens with two attached hydrogens (primary N) is 1. The van der Waals surface area contributed by atoms with Crippen LogP contribution in [0.4, 0.5) is 5.69 Å². The van der Waals surface area contributed by atoms with E-state index in [1.54, 1.807) is 6.07 Å². The molecule has 5 nitrogen and oxygen atoms in total. The van der Waals surface area contributed by atoms with Crippen molar-refractivity contribution in [3.8, 4) is 0 Å². The molecule has 0 amide bonds. The second-order valence-electron chi connectivity index (χ2n) is 4.02. The van der Waals surface area contributed by atoms with Gasteiger partial charge in [-0.2, -0.15) is 0 Å². The quantitative estimate of drug-likeness (QED) is 0.568. The van der Waals surface area contributed by atoms with Crippen molar-refractivity contribution in [2.45, 2.75) is 24.7 Å². The van der Waals surface area contributed by atoms with Gasteiger partial charge in [-0.25, -0.2) is 13.1 Å². The SMILES string of the molecule is CCCOCCCNS(=O)(=O)c1c(N)cccc1Cl. The van der Waals surface area contributed by atoms with E-state index in [1.165, 1.54) is 12.1 Å². The zero-order chi connectivity index (χ0) is 14.3. The Hall–Kier alpha value is -0.820. The Morgan fingerprint density at radius 3 is 2.74 bits per heavy atom. The normalized spacial score (nSPS) is 11.7. The number of sulfonamides is 1. The predicted molar refractivity (Wildman–Crippen MR) is 76.8 cm³/mol. The van der Waals surface area contributed by atoms with Gasteiger partial charge >= 0.3 is 0 Å². The van der Waals surface area contributed by atoms with Crippen molar-refractivity contribution in [3.05, 3.63) is 23.2 Å². The summed E-state index contributed by atoms with van der Waals surface area (Å²) in [4.78, 5) is -0.0638.